The fourth-order valence-electron chi connectivity index (χ4n) is 3.40. The van der Waals surface area contributed by atoms with Crippen LogP contribution in [0.1, 0.15) is 46.4 Å². The van der Waals surface area contributed by atoms with Gasteiger partial charge in [0, 0.05) is 27.4 Å². The van der Waals surface area contributed by atoms with Gasteiger partial charge in [-0.15, -0.1) is 11.3 Å². The van der Waals surface area contributed by atoms with Crippen molar-refractivity contribution in [1.29, 1.82) is 0 Å². The summed E-state index contributed by atoms with van der Waals surface area (Å²) < 4.78 is 26.7. The maximum atomic E-state index is 13.5. The van der Waals surface area contributed by atoms with Crippen molar-refractivity contribution in [2.75, 3.05) is 6.54 Å². The number of benzene rings is 2. The number of carbonyl (C=O) groups excluding carboxylic acids is 2. The van der Waals surface area contributed by atoms with E-state index in [9.17, 15) is 18.4 Å². The highest BCUT2D eigenvalue weighted by molar-refractivity contribution is 7.11. The van der Waals surface area contributed by atoms with Crippen LogP contribution in [0.3, 0.4) is 0 Å². The van der Waals surface area contributed by atoms with Crippen molar-refractivity contribution < 1.29 is 18.4 Å². The van der Waals surface area contributed by atoms with Gasteiger partial charge in [-0.05, 0) is 81.8 Å². The number of aryl methyl sites for hydroxylation is 1. The third kappa shape index (κ3) is 6.71. The number of amides is 2. The predicted octanol–water partition coefficient (Wildman–Crippen LogP) is 5.80. The summed E-state index contributed by atoms with van der Waals surface area (Å²) in [5, 5.41) is 0. The van der Waals surface area contributed by atoms with E-state index < -0.39 is 11.4 Å². The SMILES string of the molecule is Cc1ccc(CN(Cc2ccc(F)cc2)C(=O)CN(C(=O)c2ccc(F)cc2)C(C)(C)C)s1. The van der Waals surface area contributed by atoms with Gasteiger partial charge in [0.25, 0.3) is 5.91 Å². The molecule has 0 atom stereocenters. The maximum absolute atomic E-state index is 13.5. The minimum Gasteiger partial charge on any atom is -0.332 e. The summed E-state index contributed by atoms with van der Waals surface area (Å²) in [7, 11) is 0. The molecule has 2 amide bonds. The van der Waals surface area contributed by atoms with Crippen LogP contribution in [0.25, 0.3) is 0 Å². The topological polar surface area (TPSA) is 40.6 Å². The van der Waals surface area contributed by atoms with Crippen molar-refractivity contribution in [2.24, 2.45) is 0 Å². The molecule has 0 unspecified atom stereocenters. The Morgan fingerprint density at radius 2 is 1.42 bits per heavy atom. The van der Waals surface area contributed by atoms with E-state index in [1.54, 1.807) is 28.4 Å². The maximum Gasteiger partial charge on any atom is 0.254 e. The van der Waals surface area contributed by atoms with Gasteiger partial charge in [0.1, 0.15) is 18.2 Å². The van der Waals surface area contributed by atoms with Crippen LogP contribution in [0.15, 0.2) is 60.7 Å². The molecule has 174 valence electrons. The summed E-state index contributed by atoms with van der Waals surface area (Å²) in [6.07, 6.45) is 0. The van der Waals surface area contributed by atoms with E-state index in [4.69, 9.17) is 0 Å². The Labute approximate surface area is 197 Å². The van der Waals surface area contributed by atoms with Crippen molar-refractivity contribution in [3.63, 3.8) is 0 Å². The molecule has 0 aliphatic carbocycles. The van der Waals surface area contributed by atoms with Gasteiger partial charge < -0.3 is 9.80 Å². The lowest BCUT2D eigenvalue weighted by Crippen LogP contribution is -2.51. The van der Waals surface area contributed by atoms with Crippen LogP contribution >= 0.6 is 11.3 Å². The third-order valence-electron chi connectivity index (χ3n) is 5.22. The molecule has 2 aromatic carbocycles. The van der Waals surface area contributed by atoms with Crippen LogP contribution in [0.4, 0.5) is 8.78 Å². The fraction of sp³-hybridized carbons (Fsp3) is 0.308. The van der Waals surface area contributed by atoms with E-state index >= 15 is 0 Å². The number of hydrogen-bond acceptors (Lipinski definition) is 3. The van der Waals surface area contributed by atoms with E-state index in [0.29, 0.717) is 18.7 Å². The predicted molar refractivity (Wildman–Crippen MR) is 127 cm³/mol. The molecule has 3 aromatic rings. The molecule has 0 spiro atoms. The minimum atomic E-state index is -0.637. The van der Waals surface area contributed by atoms with Crippen molar-refractivity contribution in [3.8, 4) is 0 Å². The molecule has 0 aliphatic rings. The highest BCUT2D eigenvalue weighted by Crippen LogP contribution is 2.22. The van der Waals surface area contributed by atoms with Crippen LogP contribution in [0.2, 0.25) is 0 Å². The molecule has 0 fully saturated rings. The molecule has 33 heavy (non-hydrogen) atoms. The molecule has 4 nitrogen and oxygen atoms in total. The van der Waals surface area contributed by atoms with Gasteiger partial charge in [-0.25, -0.2) is 8.78 Å². The first-order chi connectivity index (χ1) is 15.5. The molecular formula is C26H28F2N2O2S. The number of nitrogens with zero attached hydrogens (tertiary/aromatic N) is 2. The lowest BCUT2D eigenvalue weighted by Gasteiger charge is -2.37. The van der Waals surface area contributed by atoms with Gasteiger partial charge in [0.15, 0.2) is 0 Å². The second-order valence-electron chi connectivity index (χ2n) is 8.96. The molecule has 0 aliphatic heterocycles. The first-order valence-electron chi connectivity index (χ1n) is 10.7. The van der Waals surface area contributed by atoms with Crippen LogP contribution in [0.5, 0.6) is 0 Å². The van der Waals surface area contributed by atoms with Gasteiger partial charge in [0.05, 0.1) is 6.54 Å². The van der Waals surface area contributed by atoms with Crippen molar-refractivity contribution in [2.45, 2.75) is 46.3 Å². The first-order valence-corrected chi connectivity index (χ1v) is 11.5. The van der Waals surface area contributed by atoms with Crippen molar-refractivity contribution in [1.82, 2.24) is 9.80 Å². The molecule has 0 radical (unpaired) electrons. The van der Waals surface area contributed by atoms with Crippen LogP contribution < -0.4 is 0 Å². The normalized spacial score (nSPS) is 11.3. The third-order valence-corrected chi connectivity index (χ3v) is 6.21. The van der Waals surface area contributed by atoms with E-state index in [-0.39, 0.29) is 24.2 Å². The van der Waals surface area contributed by atoms with Gasteiger partial charge >= 0.3 is 0 Å². The Morgan fingerprint density at radius 1 is 0.848 bits per heavy atom. The van der Waals surface area contributed by atoms with Crippen LogP contribution in [0, 0.1) is 18.6 Å². The molecule has 0 bridgehead atoms. The van der Waals surface area contributed by atoms with Crippen LogP contribution in [-0.2, 0) is 17.9 Å². The Hall–Kier alpha value is -3.06. The fourth-order valence-corrected chi connectivity index (χ4v) is 4.30. The molecule has 7 heteroatoms. The largest absolute Gasteiger partial charge is 0.332 e. The van der Waals surface area contributed by atoms with Gasteiger partial charge in [0.2, 0.25) is 5.91 Å². The standard InChI is InChI=1S/C26H28F2N2O2S/c1-18-5-14-23(33-18)16-29(15-19-6-10-21(27)11-7-19)24(31)17-30(26(2,3)4)25(32)20-8-12-22(28)13-9-20/h5-14H,15-17H2,1-4H3. The van der Waals surface area contributed by atoms with E-state index in [0.717, 1.165) is 15.3 Å². The molecule has 0 saturated heterocycles. The Balaban J connectivity index is 1.85. The Bertz CT molecular complexity index is 1100. The minimum absolute atomic E-state index is 0.134. The highest BCUT2D eigenvalue weighted by Gasteiger charge is 2.31. The van der Waals surface area contributed by atoms with E-state index in [2.05, 4.69) is 0 Å². The smallest absolute Gasteiger partial charge is 0.254 e. The van der Waals surface area contributed by atoms with Gasteiger partial charge in [-0.2, -0.15) is 0 Å². The van der Waals surface area contributed by atoms with Gasteiger partial charge in [-0.1, -0.05) is 12.1 Å². The number of thiophene rings is 1. The summed E-state index contributed by atoms with van der Waals surface area (Å²) in [5.74, 6) is -1.34. The Kier molecular flexibility index (Phi) is 7.64. The number of rotatable bonds is 7. The number of halogens is 2. The molecule has 0 saturated carbocycles. The van der Waals surface area contributed by atoms with Crippen molar-refractivity contribution in [3.05, 3.63) is 93.2 Å². The quantitative estimate of drug-likeness (QED) is 0.438. The summed E-state index contributed by atoms with van der Waals surface area (Å²) in [6.45, 7) is 8.11. The Morgan fingerprint density at radius 3 is 1.94 bits per heavy atom. The summed E-state index contributed by atoms with van der Waals surface area (Å²) in [4.78, 5) is 32.0. The number of carbonyl (C=O) groups is 2. The highest BCUT2D eigenvalue weighted by atomic mass is 32.1. The lowest BCUT2D eigenvalue weighted by atomic mass is 10.0. The van der Waals surface area contributed by atoms with Crippen molar-refractivity contribution >= 4 is 23.2 Å². The zero-order valence-electron chi connectivity index (χ0n) is 19.3. The summed E-state index contributed by atoms with van der Waals surface area (Å²) >= 11 is 1.61. The molecule has 1 aromatic heterocycles. The monoisotopic (exact) mass is 470 g/mol. The van der Waals surface area contributed by atoms with Gasteiger partial charge in [-0.3, -0.25) is 9.59 Å². The first kappa shape index (κ1) is 24.6. The van der Waals surface area contributed by atoms with Crippen LogP contribution in [-0.4, -0.2) is 33.7 Å². The second kappa shape index (κ2) is 10.3. The summed E-state index contributed by atoms with van der Waals surface area (Å²) in [5.41, 5.74) is 0.477. The lowest BCUT2D eigenvalue weighted by molar-refractivity contribution is -0.134. The average Bonchev–Trinajstić information content (AvgIpc) is 3.16. The zero-order valence-corrected chi connectivity index (χ0v) is 20.1. The average molecular weight is 471 g/mol. The van der Waals surface area contributed by atoms with E-state index in [1.807, 2.05) is 39.8 Å². The number of hydrogen-bond donors (Lipinski definition) is 0. The molecular weight excluding hydrogens is 442 g/mol. The molecule has 0 N–H and O–H groups in total. The molecule has 1 heterocycles. The molecule has 3 rings (SSSR count). The zero-order chi connectivity index (χ0) is 24.2. The van der Waals surface area contributed by atoms with E-state index in [1.165, 1.54) is 41.3 Å². The summed E-state index contributed by atoms with van der Waals surface area (Å²) in [6, 6.07) is 15.3. The second-order valence-corrected chi connectivity index (χ2v) is 10.3.